The van der Waals surface area contributed by atoms with Crippen molar-refractivity contribution in [2.45, 2.75) is 57.6 Å². The number of carboxylic acids is 1. The first-order valence-corrected chi connectivity index (χ1v) is 17.4. The van der Waals surface area contributed by atoms with Crippen LogP contribution in [0.25, 0.3) is 0 Å². The van der Waals surface area contributed by atoms with Crippen molar-refractivity contribution >= 4 is 62.9 Å². The zero-order valence-electron chi connectivity index (χ0n) is 29.0. The number of carboxylic acid groups (broad SMARTS) is 1. The van der Waals surface area contributed by atoms with E-state index in [0.29, 0.717) is 0 Å². The number of nitrogens with zero attached hydrogens (tertiary/aromatic N) is 2. The highest BCUT2D eigenvalue weighted by molar-refractivity contribution is 7.89. The Morgan fingerprint density at radius 1 is 0.765 bits per heavy atom. The van der Waals surface area contributed by atoms with Crippen molar-refractivity contribution in [1.82, 2.24) is 0 Å². The second-order valence-electron chi connectivity index (χ2n) is 13.0. The fourth-order valence-corrected chi connectivity index (χ4v) is 5.27. The highest BCUT2D eigenvalue weighted by atomic mass is 35.5. The molecule has 51 heavy (non-hydrogen) atoms. The third-order valence-corrected chi connectivity index (χ3v) is 7.64. The first kappa shape index (κ1) is 40.4. The molecule has 3 aromatic rings. The van der Waals surface area contributed by atoms with Crippen LogP contribution in [0.1, 0.15) is 41.5 Å². The van der Waals surface area contributed by atoms with Gasteiger partial charge in [0, 0.05) is 13.1 Å². The molecule has 0 spiro atoms. The minimum Gasteiger partial charge on any atom is -0.480 e. The molecule has 3 aromatic carbocycles. The number of ether oxygens (including phenoxy) is 4. The van der Waals surface area contributed by atoms with Gasteiger partial charge in [0.2, 0.25) is 15.9 Å². The average molecular weight is 749 g/mol. The Morgan fingerprint density at radius 3 is 1.63 bits per heavy atom. The zero-order valence-corrected chi connectivity index (χ0v) is 30.5. The van der Waals surface area contributed by atoms with Crippen molar-refractivity contribution in [3.63, 3.8) is 0 Å². The van der Waals surface area contributed by atoms with E-state index >= 15 is 0 Å². The summed E-state index contributed by atoms with van der Waals surface area (Å²) in [5.41, 5.74) is -1.11. The molecule has 0 aliphatic heterocycles. The summed E-state index contributed by atoms with van der Waals surface area (Å²) in [6, 6.07) is 16.2. The van der Waals surface area contributed by atoms with Crippen LogP contribution >= 0.6 is 11.6 Å². The van der Waals surface area contributed by atoms with Gasteiger partial charge < -0.3 is 39.2 Å². The number of nitrogens with two attached hydrogens (primary N) is 1. The van der Waals surface area contributed by atoms with Crippen LogP contribution in [0.2, 0.25) is 5.02 Å². The number of rotatable bonds is 13. The predicted molar refractivity (Wildman–Crippen MR) is 190 cm³/mol. The smallest absolute Gasteiger partial charge is 0.480 e. The van der Waals surface area contributed by atoms with E-state index in [0.717, 1.165) is 6.07 Å². The fraction of sp³-hybridized carbons (Fsp3) is 0.353. The van der Waals surface area contributed by atoms with Crippen LogP contribution < -0.4 is 29.7 Å². The minimum atomic E-state index is -4.06. The maximum absolute atomic E-state index is 13.5. The third-order valence-electron chi connectivity index (χ3n) is 6.42. The average Bonchev–Trinajstić information content (AvgIpc) is 2.97. The quantitative estimate of drug-likeness (QED) is 0.143. The van der Waals surface area contributed by atoms with E-state index in [2.05, 4.69) is 5.32 Å². The second-order valence-corrected chi connectivity index (χ2v) is 15.0. The van der Waals surface area contributed by atoms with Gasteiger partial charge in [-0.15, -0.1) is 0 Å². The number of aliphatic carboxylic acids is 1. The molecule has 1 amide bonds. The monoisotopic (exact) mass is 748 g/mol. The van der Waals surface area contributed by atoms with Crippen molar-refractivity contribution in [3.8, 4) is 11.5 Å². The Balaban J connectivity index is 1.98. The fourth-order valence-electron chi connectivity index (χ4n) is 4.44. The van der Waals surface area contributed by atoms with Crippen LogP contribution in [-0.2, 0) is 29.1 Å². The van der Waals surface area contributed by atoms with Gasteiger partial charge in [-0.2, -0.15) is 0 Å². The van der Waals surface area contributed by atoms with Gasteiger partial charge in [-0.25, -0.2) is 23.1 Å². The van der Waals surface area contributed by atoms with Gasteiger partial charge in [-0.05, 0) is 84.0 Å². The predicted octanol–water partition coefficient (Wildman–Crippen LogP) is 5.65. The lowest BCUT2D eigenvalue weighted by Gasteiger charge is -2.31. The van der Waals surface area contributed by atoms with Crippen molar-refractivity contribution in [1.29, 1.82) is 0 Å². The lowest BCUT2D eigenvalue weighted by molar-refractivity contribution is -0.135. The number of carbonyl (C=O) groups excluding carboxylic acids is 3. The molecule has 0 aromatic heterocycles. The maximum Gasteiger partial charge on any atom is 0.514 e. The highest BCUT2D eigenvalue weighted by Crippen LogP contribution is 2.32. The highest BCUT2D eigenvalue weighted by Gasteiger charge is 2.25. The zero-order chi connectivity index (χ0) is 38.1. The van der Waals surface area contributed by atoms with Gasteiger partial charge in [0.15, 0.2) is 11.5 Å². The number of anilines is 3. The number of benzene rings is 3. The summed E-state index contributed by atoms with van der Waals surface area (Å²) < 4.78 is 45.0. The molecule has 0 saturated heterocycles. The summed E-state index contributed by atoms with van der Waals surface area (Å²) in [6.45, 7) is 8.97. The Labute approximate surface area is 301 Å². The lowest BCUT2D eigenvalue weighted by Crippen LogP contribution is -2.41. The van der Waals surface area contributed by atoms with Crippen LogP contribution in [0.5, 0.6) is 11.5 Å². The molecule has 0 unspecified atom stereocenters. The molecule has 0 saturated carbocycles. The number of amides is 1. The molecule has 0 bridgehead atoms. The molecular weight excluding hydrogens is 708 g/mol. The van der Waals surface area contributed by atoms with Crippen molar-refractivity contribution in [2.24, 2.45) is 5.14 Å². The van der Waals surface area contributed by atoms with E-state index in [9.17, 15) is 32.7 Å². The molecule has 276 valence electrons. The normalized spacial score (nSPS) is 11.6. The number of halogens is 1. The van der Waals surface area contributed by atoms with E-state index < -0.39 is 52.0 Å². The Kier molecular flexibility index (Phi) is 13.3. The number of para-hydroxylation sites is 4. The summed E-state index contributed by atoms with van der Waals surface area (Å²) >= 11 is 6.25. The SMILES string of the molecule is CC(C)(C)OC(=O)Oc1ccccc1N(CCN(CC(=O)Nc1ccc(S(N)(=O)=O)cc1Cl)c1ccccc1OC(=O)OC(C)(C)C)CC(=O)O. The topological polar surface area (TPSA) is 204 Å². The standard InChI is InChI=1S/C34H41ClN4O11S/c1-33(2,3)49-31(43)47-27-13-9-7-11-25(27)38(20-29(40)37-24-16-15-22(19-23(24)35)51(36,45)46)17-18-39(21-30(41)42)26-12-8-10-14-28(26)48-32(44)50-34(4,5)6/h7-16,19H,17-18,20-21H2,1-6H3,(H,37,40)(H,41,42)(H2,36,45,46). The molecule has 0 atom stereocenters. The molecule has 0 radical (unpaired) electrons. The summed E-state index contributed by atoms with van der Waals surface area (Å²) in [5.74, 6) is -1.75. The molecule has 4 N–H and O–H groups in total. The summed E-state index contributed by atoms with van der Waals surface area (Å²) in [5, 5.41) is 17.5. The molecule has 0 heterocycles. The van der Waals surface area contributed by atoms with E-state index in [1.54, 1.807) is 77.9 Å². The van der Waals surface area contributed by atoms with Gasteiger partial charge in [-0.3, -0.25) is 9.59 Å². The van der Waals surface area contributed by atoms with Crippen LogP contribution in [0.15, 0.2) is 71.6 Å². The Bertz CT molecular complexity index is 1860. The van der Waals surface area contributed by atoms with Gasteiger partial charge in [0.1, 0.15) is 17.7 Å². The van der Waals surface area contributed by atoms with E-state index in [1.807, 2.05) is 0 Å². The Hall–Kier alpha value is -5.06. The molecule has 17 heteroatoms. The number of hydrogen-bond acceptors (Lipinski definition) is 12. The van der Waals surface area contributed by atoms with E-state index in [1.165, 1.54) is 34.1 Å². The van der Waals surface area contributed by atoms with Crippen LogP contribution in [0.3, 0.4) is 0 Å². The number of sulfonamides is 1. The van der Waals surface area contributed by atoms with Crippen molar-refractivity contribution in [2.75, 3.05) is 41.3 Å². The first-order valence-electron chi connectivity index (χ1n) is 15.4. The molecule has 3 rings (SSSR count). The molecule has 0 fully saturated rings. The summed E-state index contributed by atoms with van der Waals surface area (Å²) in [4.78, 5) is 53.4. The maximum atomic E-state index is 13.5. The lowest BCUT2D eigenvalue weighted by atomic mass is 10.2. The molecule has 15 nitrogen and oxygen atoms in total. The van der Waals surface area contributed by atoms with Crippen molar-refractivity contribution in [3.05, 3.63) is 71.8 Å². The second kappa shape index (κ2) is 16.8. The number of hydrogen-bond donors (Lipinski definition) is 3. The van der Waals surface area contributed by atoms with Crippen LogP contribution in [-0.4, -0.2) is 75.1 Å². The first-order chi connectivity index (χ1) is 23.6. The van der Waals surface area contributed by atoms with Gasteiger partial charge in [0.25, 0.3) is 0 Å². The Morgan fingerprint density at radius 2 is 1.22 bits per heavy atom. The van der Waals surface area contributed by atoms with Gasteiger partial charge in [-0.1, -0.05) is 35.9 Å². The van der Waals surface area contributed by atoms with E-state index in [-0.39, 0.29) is 58.1 Å². The van der Waals surface area contributed by atoms with Crippen LogP contribution in [0.4, 0.5) is 26.7 Å². The van der Waals surface area contributed by atoms with Gasteiger partial charge in [0.05, 0.1) is 33.5 Å². The number of primary sulfonamides is 1. The summed E-state index contributed by atoms with van der Waals surface area (Å²) in [7, 11) is -4.06. The molecule has 0 aliphatic rings. The minimum absolute atomic E-state index is 0.0311. The van der Waals surface area contributed by atoms with Gasteiger partial charge >= 0.3 is 18.3 Å². The van der Waals surface area contributed by atoms with E-state index in [4.69, 9.17) is 35.7 Å². The summed E-state index contributed by atoms with van der Waals surface area (Å²) in [6.07, 6.45) is -1.99. The number of nitrogens with one attached hydrogen (secondary N) is 1. The number of carbonyl (C=O) groups is 4. The van der Waals surface area contributed by atoms with Crippen LogP contribution in [0, 0.1) is 0 Å². The largest absolute Gasteiger partial charge is 0.514 e. The third kappa shape index (κ3) is 13.3. The molecule has 0 aliphatic carbocycles. The van der Waals surface area contributed by atoms with Crippen molar-refractivity contribution < 1.29 is 51.6 Å². The molecular formula is C34H41ClN4O11S.